The van der Waals surface area contributed by atoms with Crippen LogP contribution in [0.25, 0.3) is 0 Å². The summed E-state index contributed by atoms with van der Waals surface area (Å²) >= 11 is 0. The van der Waals surface area contributed by atoms with E-state index in [-0.39, 0.29) is 23.9 Å². The molecule has 0 saturated heterocycles. The predicted octanol–water partition coefficient (Wildman–Crippen LogP) is -1.82. The zero-order chi connectivity index (χ0) is 13.7. The number of aliphatic hydroxyl groups is 1. The average Bonchev–Trinajstić information content (AvgIpc) is 2.37. The normalized spacial score (nSPS) is 12.7. The van der Waals surface area contributed by atoms with Gasteiger partial charge in [0.2, 0.25) is 0 Å². The highest BCUT2D eigenvalue weighted by Gasteiger charge is 2.09. The van der Waals surface area contributed by atoms with Crippen LogP contribution in [0.2, 0.25) is 0 Å². The van der Waals surface area contributed by atoms with Crippen LogP contribution in [-0.4, -0.2) is 40.6 Å². The summed E-state index contributed by atoms with van der Waals surface area (Å²) in [5.74, 6) is 0. The van der Waals surface area contributed by atoms with E-state index in [1.807, 2.05) is 0 Å². The fourth-order valence-corrected chi connectivity index (χ4v) is 1.57. The molecule has 0 aliphatic rings. The minimum absolute atomic E-state index is 0.0768. The molecule has 7 heteroatoms. The number of rotatable bonds is 6. The van der Waals surface area contributed by atoms with Gasteiger partial charge in [-0.05, 0) is 0 Å². The van der Waals surface area contributed by atoms with Gasteiger partial charge in [0, 0.05) is 39.5 Å². The zero-order valence-electron chi connectivity index (χ0n) is 10.8. The minimum Gasteiger partial charge on any atom is -0.395 e. The van der Waals surface area contributed by atoms with Gasteiger partial charge in [0.05, 0.1) is 19.3 Å². The Hall–Kier alpha value is -1.44. The first-order valence-electron chi connectivity index (χ1n) is 5.60. The largest absolute Gasteiger partial charge is 0.395 e. The summed E-state index contributed by atoms with van der Waals surface area (Å²) in [6, 6.07) is 1.17. The fourth-order valence-electron chi connectivity index (χ4n) is 1.57. The Morgan fingerprint density at radius 2 is 2.06 bits per heavy atom. The number of hydrogen-bond donors (Lipinski definition) is 2. The SMILES string of the molecule is COCC(CO)NCc1cc(=O)n(C)c(=O)n1C. The molecule has 1 rings (SSSR count). The van der Waals surface area contributed by atoms with Crippen molar-refractivity contribution in [3.63, 3.8) is 0 Å². The van der Waals surface area contributed by atoms with Crippen LogP contribution in [-0.2, 0) is 25.4 Å². The number of nitrogens with one attached hydrogen (secondary N) is 1. The topological polar surface area (TPSA) is 85.5 Å². The van der Waals surface area contributed by atoms with E-state index < -0.39 is 0 Å². The molecule has 0 saturated carbocycles. The third-order valence-electron chi connectivity index (χ3n) is 2.79. The summed E-state index contributed by atoms with van der Waals surface area (Å²) in [4.78, 5) is 23.2. The zero-order valence-corrected chi connectivity index (χ0v) is 10.8. The summed E-state index contributed by atoms with van der Waals surface area (Å²) in [6.07, 6.45) is 0. The molecule has 0 radical (unpaired) electrons. The van der Waals surface area contributed by atoms with Crippen LogP contribution in [0.4, 0.5) is 0 Å². The molecule has 0 aliphatic carbocycles. The van der Waals surface area contributed by atoms with Crippen LogP contribution >= 0.6 is 0 Å². The lowest BCUT2D eigenvalue weighted by molar-refractivity contribution is 0.127. The molecule has 0 fully saturated rings. The van der Waals surface area contributed by atoms with Gasteiger partial charge >= 0.3 is 5.69 Å². The first-order chi connectivity index (χ1) is 8.51. The first kappa shape index (κ1) is 14.6. The standard InChI is InChI=1S/C11H19N3O4/c1-13-9(4-10(16)14(2)11(13)17)5-12-8(6-15)7-18-3/h4,8,12,15H,5-7H2,1-3H3. The van der Waals surface area contributed by atoms with E-state index in [4.69, 9.17) is 9.84 Å². The van der Waals surface area contributed by atoms with Crippen LogP contribution in [0.15, 0.2) is 15.7 Å². The van der Waals surface area contributed by atoms with Crippen LogP contribution in [0.1, 0.15) is 5.69 Å². The highest BCUT2D eigenvalue weighted by Crippen LogP contribution is 1.92. The van der Waals surface area contributed by atoms with Gasteiger partial charge in [0.25, 0.3) is 5.56 Å². The van der Waals surface area contributed by atoms with Gasteiger partial charge in [-0.25, -0.2) is 4.79 Å². The summed E-state index contributed by atoms with van der Waals surface area (Å²) in [6.45, 7) is 0.596. The summed E-state index contributed by atoms with van der Waals surface area (Å²) in [5.41, 5.74) is -0.147. The molecule has 1 unspecified atom stereocenters. The number of aromatic nitrogens is 2. The second kappa shape index (κ2) is 6.48. The third kappa shape index (κ3) is 3.28. The Labute approximate surface area is 105 Å². The van der Waals surface area contributed by atoms with Gasteiger partial charge in [-0.15, -0.1) is 0 Å². The third-order valence-corrected chi connectivity index (χ3v) is 2.79. The van der Waals surface area contributed by atoms with E-state index in [0.717, 1.165) is 4.57 Å². The maximum atomic E-state index is 11.7. The number of ether oxygens (including phenoxy) is 1. The molecule has 1 heterocycles. The number of aliphatic hydroxyl groups excluding tert-OH is 1. The van der Waals surface area contributed by atoms with Crippen LogP contribution in [0.5, 0.6) is 0 Å². The first-order valence-corrected chi connectivity index (χ1v) is 5.60. The Balaban J connectivity index is 2.86. The van der Waals surface area contributed by atoms with Crippen molar-refractivity contribution in [3.8, 4) is 0 Å². The lowest BCUT2D eigenvalue weighted by Crippen LogP contribution is -2.41. The van der Waals surface area contributed by atoms with Crippen LogP contribution in [0, 0.1) is 0 Å². The molecular formula is C11H19N3O4. The van der Waals surface area contributed by atoms with Gasteiger partial charge in [-0.3, -0.25) is 13.9 Å². The maximum absolute atomic E-state index is 11.7. The lowest BCUT2D eigenvalue weighted by Gasteiger charge is -2.16. The Morgan fingerprint density at radius 1 is 1.39 bits per heavy atom. The molecular weight excluding hydrogens is 238 g/mol. The molecule has 1 aromatic rings. The van der Waals surface area contributed by atoms with Crippen molar-refractivity contribution in [1.29, 1.82) is 0 Å². The average molecular weight is 257 g/mol. The number of hydrogen-bond acceptors (Lipinski definition) is 5. The Morgan fingerprint density at radius 3 is 2.61 bits per heavy atom. The monoisotopic (exact) mass is 257 g/mol. The molecule has 0 spiro atoms. The number of methoxy groups -OCH3 is 1. The minimum atomic E-state index is -0.369. The van der Waals surface area contributed by atoms with Crippen LogP contribution < -0.4 is 16.6 Å². The summed E-state index contributed by atoms with van der Waals surface area (Å²) in [7, 11) is 4.57. The van der Waals surface area contributed by atoms with Crippen molar-refractivity contribution in [2.45, 2.75) is 12.6 Å². The molecule has 0 aromatic carbocycles. The summed E-state index contributed by atoms with van der Waals surface area (Å²) < 4.78 is 7.37. The Bertz CT molecular complexity index is 506. The van der Waals surface area contributed by atoms with Gasteiger partial charge in [-0.1, -0.05) is 0 Å². The lowest BCUT2D eigenvalue weighted by atomic mass is 10.3. The molecule has 18 heavy (non-hydrogen) atoms. The van der Waals surface area contributed by atoms with Gasteiger partial charge in [0.1, 0.15) is 0 Å². The highest BCUT2D eigenvalue weighted by molar-refractivity contribution is 5.02. The van der Waals surface area contributed by atoms with Crippen molar-refractivity contribution in [3.05, 3.63) is 32.6 Å². The van der Waals surface area contributed by atoms with Crippen molar-refractivity contribution in [2.75, 3.05) is 20.3 Å². The van der Waals surface area contributed by atoms with Gasteiger partial charge < -0.3 is 15.2 Å². The highest BCUT2D eigenvalue weighted by atomic mass is 16.5. The predicted molar refractivity (Wildman–Crippen MR) is 66.5 cm³/mol. The summed E-state index contributed by atoms with van der Waals surface area (Å²) in [5, 5.41) is 12.1. The molecule has 102 valence electrons. The molecule has 1 atom stereocenters. The van der Waals surface area contributed by atoms with E-state index in [1.165, 1.54) is 17.7 Å². The van der Waals surface area contributed by atoms with E-state index in [0.29, 0.717) is 18.8 Å². The van der Waals surface area contributed by atoms with Crippen molar-refractivity contribution in [1.82, 2.24) is 14.5 Å². The van der Waals surface area contributed by atoms with Crippen molar-refractivity contribution < 1.29 is 9.84 Å². The molecule has 7 nitrogen and oxygen atoms in total. The molecule has 0 bridgehead atoms. The van der Waals surface area contributed by atoms with Gasteiger partial charge in [-0.2, -0.15) is 0 Å². The van der Waals surface area contributed by atoms with E-state index in [9.17, 15) is 9.59 Å². The second-order valence-electron chi connectivity index (χ2n) is 4.09. The van der Waals surface area contributed by atoms with Crippen molar-refractivity contribution in [2.24, 2.45) is 14.1 Å². The van der Waals surface area contributed by atoms with E-state index >= 15 is 0 Å². The molecule has 0 amide bonds. The van der Waals surface area contributed by atoms with Crippen molar-refractivity contribution >= 4 is 0 Å². The smallest absolute Gasteiger partial charge is 0.330 e. The number of nitrogens with zero attached hydrogens (tertiary/aromatic N) is 2. The van der Waals surface area contributed by atoms with Crippen LogP contribution in [0.3, 0.4) is 0 Å². The molecule has 2 N–H and O–H groups in total. The maximum Gasteiger partial charge on any atom is 0.330 e. The molecule has 0 aliphatic heterocycles. The van der Waals surface area contributed by atoms with Gasteiger partial charge in [0.15, 0.2) is 0 Å². The van der Waals surface area contributed by atoms with E-state index in [1.54, 1.807) is 14.2 Å². The van der Waals surface area contributed by atoms with E-state index in [2.05, 4.69) is 5.32 Å². The second-order valence-corrected chi connectivity index (χ2v) is 4.09. The Kier molecular flexibility index (Phi) is 5.26. The fraction of sp³-hybridized carbons (Fsp3) is 0.636. The molecule has 1 aromatic heterocycles. The quantitative estimate of drug-likeness (QED) is 0.627.